The van der Waals surface area contributed by atoms with Crippen LogP contribution in [0.5, 0.6) is 11.5 Å². The van der Waals surface area contributed by atoms with E-state index >= 15 is 0 Å². The lowest BCUT2D eigenvalue weighted by Crippen LogP contribution is -1.96. The molecule has 0 aliphatic carbocycles. The Kier molecular flexibility index (Phi) is 5.14. The Morgan fingerprint density at radius 2 is 2.20 bits per heavy atom. The summed E-state index contributed by atoms with van der Waals surface area (Å²) in [6, 6.07) is 5.54. The summed E-state index contributed by atoms with van der Waals surface area (Å²) in [6.07, 6.45) is 3.67. The number of ether oxygens (including phenoxy) is 2. The summed E-state index contributed by atoms with van der Waals surface area (Å²) in [6.45, 7) is 2.47. The van der Waals surface area contributed by atoms with E-state index in [1.54, 1.807) is 13.2 Å². The van der Waals surface area contributed by atoms with Crippen LogP contribution in [0.4, 0.5) is 0 Å². The van der Waals surface area contributed by atoms with Crippen molar-refractivity contribution in [2.24, 2.45) is 4.99 Å². The van der Waals surface area contributed by atoms with Crippen LogP contribution in [0.2, 0.25) is 0 Å². The van der Waals surface area contributed by atoms with Gasteiger partial charge in [-0.1, -0.05) is 6.07 Å². The van der Waals surface area contributed by atoms with Gasteiger partial charge in [0.2, 0.25) is 5.12 Å². The first-order chi connectivity index (χ1) is 9.67. The molecule has 1 aliphatic heterocycles. The summed E-state index contributed by atoms with van der Waals surface area (Å²) in [4.78, 5) is 16.1. The molecule has 0 atom stereocenters. The van der Waals surface area contributed by atoms with Gasteiger partial charge in [-0.3, -0.25) is 4.79 Å². The molecule has 1 aromatic rings. The van der Waals surface area contributed by atoms with Gasteiger partial charge >= 0.3 is 0 Å². The molecule has 20 heavy (non-hydrogen) atoms. The number of hydrogen-bond acceptors (Lipinski definition) is 6. The predicted octanol–water partition coefficient (Wildman–Crippen LogP) is 3.43. The molecule has 0 radical (unpaired) electrons. The van der Waals surface area contributed by atoms with Crippen LogP contribution < -0.4 is 9.47 Å². The van der Waals surface area contributed by atoms with Gasteiger partial charge in [-0.15, -0.1) is 11.8 Å². The summed E-state index contributed by atoms with van der Waals surface area (Å²) in [7, 11) is 1.60. The number of benzene rings is 1. The molecular weight excluding hydrogens is 294 g/mol. The van der Waals surface area contributed by atoms with E-state index in [0.29, 0.717) is 23.8 Å². The number of aliphatic imine (C=N–C) groups is 1. The van der Waals surface area contributed by atoms with Gasteiger partial charge in [-0.25, -0.2) is 4.99 Å². The smallest absolute Gasteiger partial charge is 0.244 e. The highest BCUT2D eigenvalue weighted by Crippen LogP contribution is 2.32. The lowest BCUT2D eigenvalue weighted by Gasteiger charge is -2.09. The number of rotatable bonds is 4. The number of hydrogen-bond donors (Lipinski definition) is 0. The summed E-state index contributed by atoms with van der Waals surface area (Å²) < 4.78 is 11.5. The van der Waals surface area contributed by atoms with E-state index in [-0.39, 0.29) is 5.12 Å². The first-order valence-electron chi connectivity index (χ1n) is 6.05. The van der Waals surface area contributed by atoms with E-state index in [9.17, 15) is 4.79 Å². The van der Waals surface area contributed by atoms with Gasteiger partial charge in [0, 0.05) is 0 Å². The Morgan fingerprint density at radius 3 is 2.80 bits per heavy atom. The van der Waals surface area contributed by atoms with Gasteiger partial charge in [0.25, 0.3) is 0 Å². The van der Waals surface area contributed by atoms with Crippen molar-refractivity contribution in [3.8, 4) is 11.5 Å². The van der Waals surface area contributed by atoms with E-state index in [0.717, 1.165) is 21.7 Å². The first-order valence-corrected chi connectivity index (χ1v) is 8.09. The summed E-state index contributed by atoms with van der Waals surface area (Å²) in [5.41, 5.74) is 1.33. The fourth-order valence-electron chi connectivity index (χ4n) is 1.69. The van der Waals surface area contributed by atoms with Crippen molar-refractivity contribution in [3.63, 3.8) is 0 Å². The molecule has 0 aromatic heterocycles. The van der Waals surface area contributed by atoms with Crippen molar-refractivity contribution in [1.29, 1.82) is 0 Å². The van der Waals surface area contributed by atoms with Crippen molar-refractivity contribution < 1.29 is 14.3 Å². The molecule has 6 heteroatoms. The molecule has 0 saturated carbocycles. The van der Waals surface area contributed by atoms with Crippen LogP contribution in [0.25, 0.3) is 6.08 Å². The van der Waals surface area contributed by atoms with Gasteiger partial charge in [-0.2, -0.15) is 0 Å². The van der Waals surface area contributed by atoms with Gasteiger partial charge in [0.1, 0.15) is 10.1 Å². The quantitative estimate of drug-likeness (QED) is 0.798. The van der Waals surface area contributed by atoms with Crippen LogP contribution in [0.3, 0.4) is 0 Å². The summed E-state index contributed by atoms with van der Waals surface area (Å²) in [5.74, 6) is 1.34. The molecule has 0 amide bonds. The van der Waals surface area contributed by atoms with E-state index in [4.69, 9.17) is 9.47 Å². The van der Waals surface area contributed by atoms with E-state index in [1.807, 2.05) is 31.4 Å². The normalized spacial score (nSPS) is 16.4. The Hall–Kier alpha value is -1.40. The molecule has 0 unspecified atom stereocenters. The predicted molar refractivity (Wildman–Crippen MR) is 85.7 cm³/mol. The minimum atomic E-state index is -0.0249. The molecule has 4 nitrogen and oxygen atoms in total. The van der Waals surface area contributed by atoms with Gasteiger partial charge < -0.3 is 9.47 Å². The second-order valence-electron chi connectivity index (χ2n) is 3.84. The number of thioether (sulfide) groups is 2. The SMILES string of the molecule is CCOc1cc(/C=C2/N=C(SC)SC2=O)ccc1OC. The largest absolute Gasteiger partial charge is 0.493 e. The molecule has 0 spiro atoms. The molecule has 0 N–H and O–H groups in total. The Morgan fingerprint density at radius 1 is 1.40 bits per heavy atom. The fraction of sp³-hybridized carbons (Fsp3) is 0.286. The standard InChI is InChI=1S/C14H15NO3S2/c1-4-18-12-8-9(5-6-11(12)17-2)7-10-13(16)20-14(15-10)19-3/h5-8H,4H2,1-3H3/b10-7+. The molecule has 1 heterocycles. The van der Waals surface area contributed by atoms with Crippen molar-refractivity contribution in [2.75, 3.05) is 20.0 Å². The first kappa shape index (κ1) is 15.0. The van der Waals surface area contributed by atoms with Crippen LogP contribution >= 0.6 is 23.5 Å². The van der Waals surface area contributed by atoms with Crippen LogP contribution in [-0.4, -0.2) is 29.5 Å². The van der Waals surface area contributed by atoms with Gasteiger partial charge in [0.05, 0.1) is 13.7 Å². The van der Waals surface area contributed by atoms with Crippen LogP contribution in [0.1, 0.15) is 12.5 Å². The minimum absolute atomic E-state index is 0.0249. The number of carbonyl (C=O) groups excluding carboxylic acids is 1. The molecule has 2 rings (SSSR count). The zero-order valence-corrected chi connectivity index (χ0v) is 13.1. The molecule has 106 valence electrons. The van der Waals surface area contributed by atoms with Crippen molar-refractivity contribution in [2.45, 2.75) is 6.92 Å². The highest BCUT2D eigenvalue weighted by Gasteiger charge is 2.21. The lowest BCUT2D eigenvalue weighted by molar-refractivity contribution is -0.107. The fourth-order valence-corrected chi connectivity index (χ4v) is 2.95. The van der Waals surface area contributed by atoms with Crippen LogP contribution in [0, 0.1) is 0 Å². The summed E-state index contributed by atoms with van der Waals surface area (Å²) >= 11 is 2.64. The number of methoxy groups -OCH3 is 1. The highest BCUT2D eigenvalue weighted by atomic mass is 32.2. The maximum absolute atomic E-state index is 11.8. The van der Waals surface area contributed by atoms with Crippen molar-refractivity contribution in [1.82, 2.24) is 0 Å². The molecule has 1 aromatic carbocycles. The molecular formula is C14H15NO3S2. The Labute approximate surface area is 126 Å². The van der Waals surface area contributed by atoms with E-state index in [2.05, 4.69) is 4.99 Å². The maximum atomic E-state index is 11.8. The third kappa shape index (κ3) is 3.37. The second-order valence-corrected chi connectivity index (χ2v) is 5.86. The third-order valence-electron chi connectivity index (χ3n) is 2.57. The zero-order valence-electron chi connectivity index (χ0n) is 11.5. The summed E-state index contributed by atoms with van der Waals surface area (Å²) in [5, 5.41) is -0.0249. The van der Waals surface area contributed by atoms with Gasteiger partial charge in [0.15, 0.2) is 11.5 Å². The molecule has 0 saturated heterocycles. The Balaban J connectivity index is 2.32. The van der Waals surface area contributed by atoms with E-state index in [1.165, 1.54) is 11.8 Å². The second kappa shape index (κ2) is 6.85. The Bertz CT molecular complexity index is 582. The van der Waals surface area contributed by atoms with Crippen LogP contribution in [0.15, 0.2) is 28.9 Å². The number of nitrogens with zero attached hydrogens (tertiary/aromatic N) is 1. The van der Waals surface area contributed by atoms with Crippen molar-refractivity contribution >= 4 is 39.1 Å². The topological polar surface area (TPSA) is 47.9 Å². The number of carbonyl (C=O) groups is 1. The maximum Gasteiger partial charge on any atom is 0.244 e. The van der Waals surface area contributed by atoms with Crippen LogP contribution in [-0.2, 0) is 4.79 Å². The van der Waals surface area contributed by atoms with Crippen molar-refractivity contribution in [3.05, 3.63) is 29.5 Å². The average molecular weight is 309 g/mol. The third-order valence-corrected chi connectivity index (χ3v) is 4.42. The van der Waals surface area contributed by atoms with E-state index < -0.39 is 0 Å². The monoisotopic (exact) mass is 309 g/mol. The lowest BCUT2D eigenvalue weighted by atomic mass is 10.1. The highest BCUT2D eigenvalue weighted by molar-refractivity contribution is 8.45. The molecule has 1 aliphatic rings. The average Bonchev–Trinajstić information content (AvgIpc) is 2.80. The molecule has 0 bridgehead atoms. The molecule has 0 fully saturated rings. The van der Waals surface area contributed by atoms with Gasteiger partial charge in [-0.05, 0) is 48.7 Å². The minimum Gasteiger partial charge on any atom is -0.493 e. The zero-order chi connectivity index (χ0) is 14.5.